The van der Waals surface area contributed by atoms with Gasteiger partial charge >= 0.3 is 5.97 Å². The van der Waals surface area contributed by atoms with E-state index in [1.54, 1.807) is 0 Å². The molecule has 2 fully saturated rings. The molecular formula is C18H25NO3. The molecule has 22 heavy (non-hydrogen) atoms. The zero-order valence-electron chi connectivity index (χ0n) is 13.0. The second-order valence-corrected chi connectivity index (χ2v) is 6.69. The van der Waals surface area contributed by atoms with Crippen molar-refractivity contribution in [2.75, 3.05) is 11.9 Å². The van der Waals surface area contributed by atoms with Gasteiger partial charge in [0.05, 0.1) is 12.5 Å². The molecule has 0 atom stereocenters. The summed E-state index contributed by atoms with van der Waals surface area (Å²) >= 11 is 0. The minimum atomic E-state index is -0.645. The van der Waals surface area contributed by atoms with Crippen molar-refractivity contribution >= 4 is 11.7 Å². The lowest BCUT2D eigenvalue weighted by Gasteiger charge is -2.27. The molecule has 4 nitrogen and oxygen atoms in total. The SMILES string of the molecule is O=C(O)C1CCC(Nc2cccc(COCC3CC3)c2)CC1. The van der Waals surface area contributed by atoms with Gasteiger partial charge in [-0.3, -0.25) is 4.79 Å². The predicted molar refractivity (Wildman–Crippen MR) is 85.8 cm³/mol. The number of nitrogens with one attached hydrogen (secondary N) is 1. The lowest BCUT2D eigenvalue weighted by molar-refractivity contribution is -0.142. The van der Waals surface area contributed by atoms with Crippen LogP contribution >= 0.6 is 0 Å². The first kappa shape index (κ1) is 15.3. The van der Waals surface area contributed by atoms with Gasteiger partial charge in [0.15, 0.2) is 0 Å². The van der Waals surface area contributed by atoms with Crippen LogP contribution in [0.15, 0.2) is 24.3 Å². The number of aliphatic carboxylic acids is 1. The fourth-order valence-corrected chi connectivity index (χ4v) is 3.10. The van der Waals surface area contributed by atoms with Crippen molar-refractivity contribution in [1.82, 2.24) is 0 Å². The van der Waals surface area contributed by atoms with Gasteiger partial charge in [0.2, 0.25) is 0 Å². The van der Waals surface area contributed by atoms with Gasteiger partial charge < -0.3 is 15.2 Å². The molecule has 0 amide bonds. The van der Waals surface area contributed by atoms with Crippen LogP contribution in [0.25, 0.3) is 0 Å². The highest BCUT2D eigenvalue weighted by Crippen LogP contribution is 2.29. The maximum absolute atomic E-state index is 11.0. The molecule has 0 saturated heterocycles. The molecule has 0 heterocycles. The zero-order chi connectivity index (χ0) is 15.4. The summed E-state index contributed by atoms with van der Waals surface area (Å²) in [6.07, 6.45) is 6.05. The molecule has 0 bridgehead atoms. The monoisotopic (exact) mass is 303 g/mol. The molecule has 0 aromatic heterocycles. The lowest BCUT2D eigenvalue weighted by Crippen LogP contribution is -2.29. The maximum atomic E-state index is 11.0. The third-order valence-electron chi connectivity index (χ3n) is 4.69. The van der Waals surface area contributed by atoms with E-state index in [-0.39, 0.29) is 5.92 Å². The van der Waals surface area contributed by atoms with Crippen LogP contribution in [0.2, 0.25) is 0 Å². The van der Waals surface area contributed by atoms with Crippen LogP contribution < -0.4 is 5.32 Å². The number of hydrogen-bond donors (Lipinski definition) is 2. The number of rotatable bonds is 7. The Morgan fingerprint density at radius 3 is 2.64 bits per heavy atom. The molecule has 0 aliphatic heterocycles. The largest absolute Gasteiger partial charge is 0.481 e. The molecule has 4 heteroatoms. The number of carboxylic acids is 1. The third kappa shape index (κ3) is 4.47. The number of carboxylic acid groups (broad SMARTS) is 1. The summed E-state index contributed by atoms with van der Waals surface area (Å²) in [4.78, 5) is 11.0. The van der Waals surface area contributed by atoms with Crippen molar-refractivity contribution in [3.05, 3.63) is 29.8 Å². The summed E-state index contributed by atoms with van der Waals surface area (Å²) < 4.78 is 5.74. The number of benzene rings is 1. The van der Waals surface area contributed by atoms with Crippen LogP contribution in [0.1, 0.15) is 44.1 Å². The van der Waals surface area contributed by atoms with Crippen molar-refractivity contribution in [3.8, 4) is 0 Å². The van der Waals surface area contributed by atoms with Crippen molar-refractivity contribution < 1.29 is 14.6 Å². The van der Waals surface area contributed by atoms with Crippen molar-refractivity contribution in [2.45, 2.75) is 51.2 Å². The van der Waals surface area contributed by atoms with Crippen LogP contribution in [-0.2, 0) is 16.1 Å². The van der Waals surface area contributed by atoms with E-state index in [0.717, 1.165) is 43.9 Å². The van der Waals surface area contributed by atoms with E-state index in [2.05, 4.69) is 29.6 Å². The van der Waals surface area contributed by atoms with E-state index < -0.39 is 5.97 Å². The van der Waals surface area contributed by atoms with E-state index in [1.807, 2.05) is 0 Å². The highest BCUT2D eigenvalue weighted by molar-refractivity contribution is 5.70. The van der Waals surface area contributed by atoms with Crippen LogP contribution in [0.3, 0.4) is 0 Å². The maximum Gasteiger partial charge on any atom is 0.306 e. The van der Waals surface area contributed by atoms with Crippen molar-refractivity contribution in [1.29, 1.82) is 0 Å². The van der Waals surface area contributed by atoms with E-state index in [1.165, 1.54) is 18.4 Å². The predicted octanol–water partition coefficient (Wildman–Crippen LogP) is 3.67. The fraction of sp³-hybridized carbons (Fsp3) is 0.611. The summed E-state index contributed by atoms with van der Waals surface area (Å²) in [5.41, 5.74) is 2.32. The molecule has 2 saturated carbocycles. The lowest BCUT2D eigenvalue weighted by atomic mass is 9.86. The van der Waals surface area contributed by atoms with Crippen LogP contribution in [0.4, 0.5) is 5.69 Å². The molecule has 0 spiro atoms. The molecule has 1 aromatic carbocycles. The summed E-state index contributed by atoms with van der Waals surface area (Å²) in [5.74, 6) is -0.000746. The first-order chi connectivity index (χ1) is 10.7. The quantitative estimate of drug-likeness (QED) is 0.807. The molecule has 2 aliphatic carbocycles. The average molecular weight is 303 g/mol. The van der Waals surface area contributed by atoms with Crippen LogP contribution in [0.5, 0.6) is 0 Å². The Hall–Kier alpha value is -1.55. The van der Waals surface area contributed by atoms with Gasteiger partial charge in [0, 0.05) is 18.3 Å². The summed E-state index contributed by atoms with van der Waals surface area (Å²) in [6.45, 7) is 1.56. The molecule has 3 rings (SSSR count). The Morgan fingerprint density at radius 2 is 1.95 bits per heavy atom. The van der Waals surface area contributed by atoms with Gasteiger partial charge in [-0.1, -0.05) is 12.1 Å². The summed E-state index contributed by atoms with van der Waals surface area (Å²) in [7, 11) is 0. The van der Waals surface area contributed by atoms with Gasteiger partial charge in [-0.25, -0.2) is 0 Å². The Balaban J connectivity index is 1.46. The van der Waals surface area contributed by atoms with E-state index >= 15 is 0 Å². The van der Waals surface area contributed by atoms with Gasteiger partial charge in [-0.2, -0.15) is 0 Å². The fourth-order valence-electron chi connectivity index (χ4n) is 3.10. The van der Waals surface area contributed by atoms with Crippen LogP contribution in [0, 0.1) is 11.8 Å². The number of carbonyl (C=O) groups is 1. The molecule has 0 unspecified atom stereocenters. The first-order valence-corrected chi connectivity index (χ1v) is 8.37. The smallest absolute Gasteiger partial charge is 0.306 e. The van der Waals surface area contributed by atoms with E-state index in [4.69, 9.17) is 9.84 Å². The van der Waals surface area contributed by atoms with Gasteiger partial charge in [0.1, 0.15) is 0 Å². The van der Waals surface area contributed by atoms with Crippen molar-refractivity contribution in [3.63, 3.8) is 0 Å². The number of anilines is 1. The molecule has 120 valence electrons. The second-order valence-electron chi connectivity index (χ2n) is 6.69. The van der Waals surface area contributed by atoms with Crippen LogP contribution in [-0.4, -0.2) is 23.7 Å². The first-order valence-electron chi connectivity index (χ1n) is 8.37. The Bertz CT molecular complexity index is 505. The third-order valence-corrected chi connectivity index (χ3v) is 4.69. The Morgan fingerprint density at radius 1 is 1.18 bits per heavy atom. The van der Waals surface area contributed by atoms with Gasteiger partial charge in [-0.05, 0) is 62.1 Å². The minimum Gasteiger partial charge on any atom is -0.481 e. The standard InChI is InChI=1S/C18H25NO3/c20-18(21)15-6-8-16(9-7-15)19-17-3-1-2-14(10-17)12-22-11-13-4-5-13/h1-3,10,13,15-16,19H,4-9,11-12H2,(H,20,21). The van der Waals surface area contributed by atoms with E-state index in [0.29, 0.717) is 12.6 Å². The number of hydrogen-bond acceptors (Lipinski definition) is 3. The zero-order valence-corrected chi connectivity index (χ0v) is 13.0. The Kier molecular flexibility index (Phi) is 4.98. The highest BCUT2D eigenvalue weighted by atomic mass is 16.5. The Labute approximate surface area is 131 Å². The second kappa shape index (κ2) is 7.14. The number of ether oxygens (including phenoxy) is 1. The van der Waals surface area contributed by atoms with Gasteiger partial charge in [0.25, 0.3) is 0 Å². The van der Waals surface area contributed by atoms with E-state index in [9.17, 15) is 4.79 Å². The average Bonchev–Trinajstić information content (AvgIpc) is 3.32. The van der Waals surface area contributed by atoms with Gasteiger partial charge in [-0.15, -0.1) is 0 Å². The summed E-state index contributed by atoms with van der Waals surface area (Å²) in [6, 6.07) is 8.77. The highest BCUT2D eigenvalue weighted by Gasteiger charge is 2.25. The molecule has 2 N–H and O–H groups in total. The molecular weight excluding hydrogens is 278 g/mol. The molecule has 0 radical (unpaired) electrons. The topological polar surface area (TPSA) is 58.6 Å². The van der Waals surface area contributed by atoms with Crippen molar-refractivity contribution in [2.24, 2.45) is 11.8 Å². The molecule has 1 aromatic rings. The summed E-state index contributed by atoms with van der Waals surface area (Å²) in [5, 5.41) is 12.6. The normalized spacial score (nSPS) is 24.9. The molecule has 2 aliphatic rings. The minimum absolute atomic E-state index is 0.153.